The molecule has 0 atom stereocenters. The van der Waals surface area contributed by atoms with Gasteiger partial charge in [-0.15, -0.1) is 0 Å². The van der Waals surface area contributed by atoms with E-state index in [4.69, 9.17) is 4.42 Å². The first-order valence-electron chi connectivity index (χ1n) is 13.0. The van der Waals surface area contributed by atoms with Crippen LogP contribution in [0.15, 0.2) is 126 Å². The molecule has 1 aromatic heterocycles. The van der Waals surface area contributed by atoms with Crippen molar-refractivity contribution < 1.29 is 4.42 Å². The summed E-state index contributed by atoms with van der Waals surface area (Å²) in [6, 6.07) is 43.1. The molecule has 0 saturated heterocycles. The fourth-order valence-electron chi connectivity index (χ4n) is 5.33. The number of aryl methyl sites for hydroxylation is 2. The zero-order valence-electron chi connectivity index (χ0n) is 21.5. The Balaban J connectivity index is 1.13. The molecule has 0 amide bonds. The number of benzene rings is 6. The molecular formula is C36H27NO. The topological polar surface area (TPSA) is 25.2 Å². The predicted octanol–water partition coefficient (Wildman–Crippen LogP) is 10.4. The van der Waals surface area contributed by atoms with E-state index in [1.54, 1.807) is 0 Å². The van der Waals surface area contributed by atoms with Crippen LogP contribution in [0.2, 0.25) is 0 Å². The van der Waals surface area contributed by atoms with Gasteiger partial charge in [-0.05, 0) is 101 Å². The van der Waals surface area contributed by atoms with Crippen molar-refractivity contribution in [3.63, 3.8) is 0 Å². The molecule has 6 aromatic carbocycles. The Morgan fingerprint density at radius 1 is 0.500 bits per heavy atom. The van der Waals surface area contributed by atoms with Crippen molar-refractivity contribution in [2.24, 2.45) is 0 Å². The summed E-state index contributed by atoms with van der Waals surface area (Å²) in [6.07, 6.45) is 0. The Labute approximate surface area is 222 Å². The largest absolute Gasteiger partial charge is 0.456 e. The van der Waals surface area contributed by atoms with Crippen LogP contribution in [0.4, 0.5) is 11.4 Å². The SMILES string of the molecule is Cc1ccc(C)c(-c2ccc(Nc3ccc(-c4ccc5c(c4)oc4cc6ccccc6cc45)cc3)cc2)c1. The first-order chi connectivity index (χ1) is 18.6. The van der Waals surface area contributed by atoms with Gasteiger partial charge >= 0.3 is 0 Å². The van der Waals surface area contributed by atoms with Crippen LogP contribution < -0.4 is 5.32 Å². The van der Waals surface area contributed by atoms with E-state index in [9.17, 15) is 0 Å². The lowest BCUT2D eigenvalue weighted by molar-refractivity contribution is 0.669. The van der Waals surface area contributed by atoms with E-state index in [-0.39, 0.29) is 0 Å². The summed E-state index contributed by atoms with van der Waals surface area (Å²) in [5.41, 5.74) is 11.4. The first-order valence-corrected chi connectivity index (χ1v) is 13.0. The minimum Gasteiger partial charge on any atom is -0.456 e. The average Bonchev–Trinajstić information content (AvgIpc) is 3.30. The highest BCUT2D eigenvalue weighted by Gasteiger charge is 2.10. The quantitative estimate of drug-likeness (QED) is 0.266. The third-order valence-corrected chi connectivity index (χ3v) is 7.44. The summed E-state index contributed by atoms with van der Waals surface area (Å²) in [7, 11) is 0. The second-order valence-electron chi connectivity index (χ2n) is 10.1. The number of nitrogens with one attached hydrogen (secondary N) is 1. The standard InChI is InChI=1S/C36H27NO/c1-23-7-8-24(2)33(19-23)26-11-16-31(17-12-26)37-30-14-9-25(10-15-30)29-13-18-32-34-20-27-5-3-4-6-28(27)21-36(34)38-35(32)22-29/h3-22,37H,1-2H3. The molecule has 0 aliphatic heterocycles. The second-order valence-corrected chi connectivity index (χ2v) is 10.1. The maximum Gasteiger partial charge on any atom is 0.136 e. The number of rotatable bonds is 4. The minimum absolute atomic E-state index is 0.916. The molecule has 0 fully saturated rings. The Bertz CT molecular complexity index is 1940. The van der Waals surface area contributed by atoms with Crippen LogP contribution in [0.5, 0.6) is 0 Å². The van der Waals surface area contributed by atoms with Crippen LogP contribution in [-0.4, -0.2) is 0 Å². The highest BCUT2D eigenvalue weighted by Crippen LogP contribution is 2.35. The molecule has 0 unspecified atom stereocenters. The molecule has 1 N–H and O–H groups in total. The molecule has 0 bridgehead atoms. The van der Waals surface area contributed by atoms with E-state index >= 15 is 0 Å². The lowest BCUT2D eigenvalue weighted by atomic mass is 9.98. The van der Waals surface area contributed by atoms with Crippen LogP contribution in [0, 0.1) is 13.8 Å². The van der Waals surface area contributed by atoms with E-state index in [2.05, 4.69) is 140 Å². The van der Waals surface area contributed by atoms with Crippen molar-refractivity contribution in [1.29, 1.82) is 0 Å². The van der Waals surface area contributed by atoms with E-state index in [1.165, 1.54) is 33.0 Å². The van der Waals surface area contributed by atoms with Crippen LogP contribution in [0.1, 0.15) is 11.1 Å². The van der Waals surface area contributed by atoms with Crippen LogP contribution in [0.3, 0.4) is 0 Å². The van der Waals surface area contributed by atoms with E-state index in [1.807, 2.05) is 0 Å². The molecule has 0 spiro atoms. The van der Waals surface area contributed by atoms with Gasteiger partial charge in [-0.2, -0.15) is 0 Å². The average molecular weight is 490 g/mol. The monoisotopic (exact) mass is 489 g/mol. The van der Waals surface area contributed by atoms with Gasteiger partial charge in [0.1, 0.15) is 11.2 Å². The maximum atomic E-state index is 6.27. The fraction of sp³-hybridized carbons (Fsp3) is 0.0556. The number of hydrogen-bond acceptors (Lipinski definition) is 2. The molecule has 2 nitrogen and oxygen atoms in total. The first kappa shape index (κ1) is 22.4. The van der Waals surface area contributed by atoms with Crippen LogP contribution >= 0.6 is 0 Å². The Hall–Kier alpha value is -4.82. The van der Waals surface area contributed by atoms with Gasteiger partial charge in [0, 0.05) is 22.1 Å². The Morgan fingerprint density at radius 3 is 1.87 bits per heavy atom. The summed E-state index contributed by atoms with van der Waals surface area (Å²) in [5.74, 6) is 0. The van der Waals surface area contributed by atoms with Crippen LogP contribution in [0.25, 0.3) is 55.0 Å². The van der Waals surface area contributed by atoms with E-state index in [0.717, 1.165) is 44.4 Å². The summed E-state index contributed by atoms with van der Waals surface area (Å²) >= 11 is 0. The lowest BCUT2D eigenvalue weighted by Gasteiger charge is -2.11. The number of furan rings is 1. The van der Waals surface area contributed by atoms with Crippen molar-refractivity contribution in [3.05, 3.63) is 132 Å². The smallest absolute Gasteiger partial charge is 0.136 e. The van der Waals surface area contributed by atoms with Crippen molar-refractivity contribution >= 4 is 44.1 Å². The predicted molar refractivity (Wildman–Crippen MR) is 161 cm³/mol. The van der Waals surface area contributed by atoms with Gasteiger partial charge in [0.2, 0.25) is 0 Å². The molecular weight excluding hydrogens is 462 g/mol. The van der Waals surface area contributed by atoms with Gasteiger partial charge in [0.05, 0.1) is 0 Å². The molecule has 2 heteroatoms. The lowest BCUT2D eigenvalue weighted by Crippen LogP contribution is -1.91. The van der Waals surface area contributed by atoms with Gasteiger partial charge in [0.25, 0.3) is 0 Å². The van der Waals surface area contributed by atoms with Gasteiger partial charge in [-0.1, -0.05) is 78.4 Å². The van der Waals surface area contributed by atoms with Gasteiger partial charge in [-0.3, -0.25) is 0 Å². The van der Waals surface area contributed by atoms with Crippen molar-refractivity contribution in [1.82, 2.24) is 0 Å². The summed E-state index contributed by atoms with van der Waals surface area (Å²) in [6.45, 7) is 4.30. The molecule has 7 rings (SSSR count). The fourth-order valence-corrected chi connectivity index (χ4v) is 5.33. The van der Waals surface area contributed by atoms with E-state index < -0.39 is 0 Å². The third-order valence-electron chi connectivity index (χ3n) is 7.44. The van der Waals surface area contributed by atoms with Crippen LogP contribution in [-0.2, 0) is 0 Å². The molecule has 0 aliphatic rings. The molecule has 182 valence electrons. The summed E-state index contributed by atoms with van der Waals surface area (Å²) in [4.78, 5) is 0. The minimum atomic E-state index is 0.916. The molecule has 38 heavy (non-hydrogen) atoms. The van der Waals surface area contributed by atoms with Gasteiger partial charge < -0.3 is 9.73 Å². The third kappa shape index (κ3) is 4.01. The number of hydrogen-bond donors (Lipinski definition) is 1. The zero-order valence-corrected chi connectivity index (χ0v) is 21.5. The van der Waals surface area contributed by atoms with E-state index in [0.29, 0.717) is 0 Å². The Kier molecular flexibility index (Phi) is 5.26. The van der Waals surface area contributed by atoms with Crippen molar-refractivity contribution in [3.8, 4) is 22.3 Å². The van der Waals surface area contributed by atoms with Gasteiger partial charge in [-0.25, -0.2) is 0 Å². The molecule has 0 saturated carbocycles. The second kappa shape index (κ2) is 8.93. The zero-order chi connectivity index (χ0) is 25.6. The molecule has 0 radical (unpaired) electrons. The normalized spacial score (nSPS) is 11.4. The highest BCUT2D eigenvalue weighted by molar-refractivity contribution is 6.10. The highest BCUT2D eigenvalue weighted by atomic mass is 16.3. The van der Waals surface area contributed by atoms with Crippen molar-refractivity contribution in [2.75, 3.05) is 5.32 Å². The number of fused-ring (bicyclic) bond motifs is 4. The van der Waals surface area contributed by atoms with Gasteiger partial charge in [0.15, 0.2) is 0 Å². The molecule has 1 heterocycles. The summed E-state index contributed by atoms with van der Waals surface area (Å²) in [5, 5.41) is 8.27. The molecule has 0 aliphatic carbocycles. The number of anilines is 2. The summed E-state index contributed by atoms with van der Waals surface area (Å²) < 4.78 is 6.27. The maximum absolute atomic E-state index is 6.27. The van der Waals surface area contributed by atoms with Crippen molar-refractivity contribution in [2.45, 2.75) is 13.8 Å². The molecule has 7 aromatic rings. The Morgan fingerprint density at radius 2 is 1.13 bits per heavy atom.